The van der Waals surface area contributed by atoms with Crippen molar-refractivity contribution in [3.05, 3.63) is 0 Å². The largest absolute Gasteiger partial charge is 0.315 e. The van der Waals surface area contributed by atoms with Crippen molar-refractivity contribution in [3.8, 4) is 0 Å². The van der Waals surface area contributed by atoms with Gasteiger partial charge in [-0.25, -0.2) is 0 Å². The highest BCUT2D eigenvalue weighted by molar-refractivity contribution is 5.00. The molecule has 2 fully saturated rings. The molecular weight excluding hydrogens is 246 g/mol. The Bertz CT molecular complexity index is 299. The Balaban J connectivity index is 1.99. The minimum Gasteiger partial charge on any atom is -0.315 e. The second kappa shape index (κ2) is 6.76. The zero-order valence-corrected chi connectivity index (χ0v) is 14.3. The maximum absolute atomic E-state index is 3.58. The zero-order valence-electron chi connectivity index (χ0n) is 14.3. The second-order valence-corrected chi connectivity index (χ2v) is 7.44. The molecule has 118 valence electrons. The summed E-state index contributed by atoms with van der Waals surface area (Å²) < 4.78 is 0. The average Bonchev–Trinajstić information content (AvgIpc) is 2.41. The van der Waals surface area contributed by atoms with Crippen LogP contribution in [-0.4, -0.2) is 62.2 Å². The summed E-state index contributed by atoms with van der Waals surface area (Å²) in [5.41, 5.74) is 0.451. The molecule has 0 saturated heterocycles. The Labute approximate surface area is 126 Å². The van der Waals surface area contributed by atoms with E-state index in [0.717, 1.165) is 12.0 Å². The summed E-state index contributed by atoms with van der Waals surface area (Å²) in [5.74, 6) is 0.934. The van der Waals surface area contributed by atoms with Gasteiger partial charge in [0.2, 0.25) is 0 Å². The van der Waals surface area contributed by atoms with Gasteiger partial charge in [0.15, 0.2) is 0 Å². The van der Waals surface area contributed by atoms with E-state index in [0.29, 0.717) is 11.6 Å². The Morgan fingerprint density at radius 3 is 2.30 bits per heavy atom. The van der Waals surface area contributed by atoms with E-state index in [1.165, 1.54) is 51.5 Å². The van der Waals surface area contributed by atoms with Crippen molar-refractivity contribution in [1.82, 2.24) is 15.1 Å². The number of likely N-dealkylation sites (N-methyl/N-ethyl adjacent to an activating group) is 3. The van der Waals surface area contributed by atoms with E-state index in [2.05, 4.69) is 50.2 Å². The van der Waals surface area contributed by atoms with E-state index in [9.17, 15) is 0 Å². The van der Waals surface area contributed by atoms with Gasteiger partial charge in [-0.1, -0.05) is 13.3 Å². The van der Waals surface area contributed by atoms with Crippen LogP contribution in [0.5, 0.6) is 0 Å². The topological polar surface area (TPSA) is 18.5 Å². The lowest BCUT2D eigenvalue weighted by Crippen LogP contribution is -2.61. The van der Waals surface area contributed by atoms with Crippen LogP contribution in [0.2, 0.25) is 0 Å². The molecule has 0 aliphatic heterocycles. The van der Waals surface area contributed by atoms with Crippen LogP contribution in [0.15, 0.2) is 0 Å². The fourth-order valence-corrected chi connectivity index (χ4v) is 4.34. The van der Waals surface area contributed by atoms with Crippen molar-refractivity contribution in [2.45, 2.75) is 69.5 Å². The maximum atomic E-state index is 3.58. The maximum Gasteiger partial charge on any atom is 0.0330 e. The summed E-state index contributed by atoms with van der Waals surface area (Å²) >= 11 is 0. The van der Waals surface area contributed by atoms with Gasteiger partial charge in [0.05, 0.1) is 0 Å². The summed E-state index contributed by atoms with van der Waals surface area (Å²) in [5, 5.41) is 3.58. The zero-order chi connectivity index (χ0) is 14.8. The standard InChI is InChI=1S/C17H35N3/c1-6-14-8-9-15(18-2)16(12-14)20(5)13-17(19(3)4)10-7-11-17/h14-16,18H,6-13H2,1-5H3. The number of hydrogen-bond donors (Lipinski definition) is 1. The Kier molecular flexibility index (Phi) is 5.49. The first kappa shape index (κ1) is 16.3. The molecule has 0 aromatic rings. The number of rotatable bonds is 6. The fourth-order valence-electron chi connectivity index (χ4n) is 4.34. The van der Waals surface area contributed by atoms with Gasteiger partial charge in [-0.2, -0.15) is 0 Å². The third kappa shape index (κ3) is 3.20. The van der Waals surface area contributed by atoms with E-state index in [1.54, 1.807) is 0 Å². The molecule has 0 spiro atoms. The molecule has 0 bridgehead atoms. The molecule has 2 rings (SSSR count). The van der Waals surface area contributed by atoms with Crippen molar-refractivity contribution in [3.63, 3.8) is 0 Å². The summed E-state index contributed by atoms with van der Waals surface area (Å²) in [4.78, 5) is 5.14. The molecule has 0 aromatic carbocycles. The van der Waals surface area contributed by atoms with Crippen LogP contribution >= 0.6 is 0 Å². The van der Waals surface area contributed by atoms with Gasteiger partial charge in [0.1, 0.15) is 0 Å². The molecule has 20 heavy (non-hydrogen) atoms. The molecule has 3 heteroatoms. The molecule has 0 aromatic heterocycles. The molecule has 0 radical (unpaired) electrons. The summed E-state index contributed by atoms with van der Waals surface area (Å²) in [7, 11) is 9.02. The fraction of sp³-hybridized carbons (Fsp3) is 1.00. The van der Waals surface area contributed by atoms with E-state index in [1.807, 2.05) is 0 Å². The van der Waals surface area contributed by atoms with Gasteiger partial charge in [0.25, 0.3) is 0 Å². The first-order chi connectivity index (χ1) is 9.52. The third-order valence-corrected chi connectivity index (χ3v) is 6.22. The third-order valence-electron chi connectivity index (χ3n) is 6.22. The molecule has 0 amide bonds. The molecule has 1 N–H and O–H groups in total. The summed E-state index contributed by atoms with van der Waals surface area (Å²) in [6.07, 6.45) is 9.63. The summed E-state index contributed by atoms with van der Waals surface area (Å²) in [6.45, 7) is 3.59. The van der Waals surface area contributed by atoms with E-state index < -0.39 is 0 Å². The monoisotopic (exact) mass is 281 g/mol. The van der Waals surface area contributed by atoms with Crippen LogP contribution < -0.4 is 5.32 Å². The van der Waals surface area contributed by atoms with Gasteiger partial charge < -0.3 is 15.1 Å². The van der Waals surface area contributed by atoms with E-state index in [-0.39, 0.29) is 0 Å². The number of nitrogens with one attached hydrogen (secondary N) is 1. The molecule has 2 aliphatic rings. The van der Waals surface area contributed by atoms with Crippen LogP contribution in [0.25, 0.3) is 0 Å². The highest BCUT2D eigenvalue weighted by Gasteiger charge is 2.42. The molecule has 3 atom stereocenters. The highest BCUT2D eigenvalue weighted by atomic mass is 15.2. The Hall–Kier alpha value is -0.120. The SMILES string of the molecule is CCC1CCC(NC)C(N(C)CC2(N(C)C)CCC2)C1. The lowest BCUT2D eigenvalue weighted by atomic mass is 9.74. The van der Waals surface area contributed by atoms with Crippen LogP contribution in [0, 0.1) is 5.92 Å². The first-order valence-corrected chi connectivity index (χ1v) is 8.57. The van der Waals surface area contributed by atoms with Crippen LogP contribution in [0.3, 0.4) is 0 Å². The van der Waals surface area contributed by atoms with Crippen LogP contribution in [0.4, 0.5) is 0 Å². The lowest BCUT2D eigenvalue weighted by Gasteiger charge is -2.52. The van der Waals surface area contributed by atoms with E-state index in [4.69, 9.17) is 0 Å². The van der Waals surface area contributed by atoms with Crippen molar-refractivity contribution in [2.75, 3.05) is 34.7 Å². The van der Waals surface area contributed by atoms with Gasteiger partial charge in [-0.05, 0) is 72.6 Å². The van der Waals surface area contributed by atoms with Gasteiger partial charge >= 0.3 is 0 Å². The minimum atomic E-state index is 0.451. The van der Waals surface area contributed by atoms with Gasteiger partial charge in [-0.15, -0.1) is 0 Å². The molecule has 2 aliphatic carbocycles. The molecular formula is C17H35N3. The van der Waals surface area contributed by atoms with Crippen LogP contribution in [0.1, 0.15) is 51.9 Å². The van der Waals surface area contributed by atoms with Crippen molar-refractivity contribution < 1.29 is 0 Å². The van der Waals surface area contributed by atoms with Crippen molar-refractivity contribution in [1.29, 1.82) is 0 Å². The van der Waals surface area contributed by atoms with Gasteiger partial charge in [0, 0.05) is 24.2 Å². The quantitative estimate of drug-likeness (QED) is 0.807. The predicted molar refractivity (Wildman–Crippen MR) is 87.2 cm³/mol. The molecule has 0 heterocycles. The molecule has 2 saturated carbocycles. The molecule has 3 unspecified atom stereocenters. The smallest absolute Gasteiger partial charge is 0.0330 e. The van der Waals surface area contributed by atoms with Crippen molar-refractivity contribution in [2.24, 2.45) is 5.92 Å². The van der Waals surface area contributed by atoms with Gasteiger partial charge in [-0.3, -0.25) is 0 Å². The van der Waals surface area contributed by atoms with Crippen molar-refractivity contribution >= 4 is 0 Å². The minimum absolute atomic E-state index is 0.451. The Morgan fingerprint density at radius 2 is 1.85 bits per heavy atom. The normalized spacial score (nSPS) is 33.5. The first-order valence-electron chi connectivity index (χ1n) is 8.57. The average molecular weight is 281 g/mol. The lowest BCUT2D eigenvalue weighted by molar-refractivity contribution is 0.00116. The number of hydrogen-bond acceptors (Lipinski definition) is 3. The highest BCUT2D eigenvalue weighted by Crippen LogP contribution is 2.38. The number of nitrogens with zero attached hydrogens (tertiary/aromatic N) is 2. The van der Waals surface area contributed by atoms with E-state index >= 15 is 0 Å². The summed E-state index contributed by atoms with van der Waals surface area (Å²) in [6, 6.07) is 1.40. The second-order valence-electron chi connectivity index (χ2n) is 7.44. The Morgan fingerprint density at radius 1 is 1.15 bits per heavy atom. The predicted octanol–water partition coefficient (Wildman–Crippen LogP) is 2.57. The molecule has 3 nitrogen and oxygen atoms in total. The van der Waals surface area contributed by atoms with Crippen LogP contribution in [-0.2, 0) is 0 Å².